The molecule has 1 amide bonds. The molecule has 0 radical (unpaired) electrons. The standard InChI is InChI=1S/C8H15NO2/c1-3-5-6(4-2)7(10)8(9)11/h6H,3-5H2,1-2H3,(H2,9,11). The fraction of sp³-hybridized carbons (Fsp3) is 0.750. The highest BCUT2D eigenvalue weighted by molar-refractivity contribution is 6.36. The average molecular weight is 157 g/mol. The Morgan fingerprint density at radius 3 is 2.18 bits per heavy atom. The van der Waals surface area contributed by atoms with E-state index in [1.165, 1.54) is 0 Å². The van der Waals surface area contributed by atoms with E-state index in [-0.39, 0.29) is 5.92 Å². The summed E-state index contributed by atoms with van der Waals surface area (Å²) in [5.41, 5.74) is 4.85. The van der Waals surface area contributed by atoms with Crippen LogP contribution in [0.1, 0.15) is 33.1 Å². The zero-order chi connectivity index (χ0) is 8.85. The van der Waals surface area contributed by atoms with Crippen molar-refractivity contribution in [3.8, 4) is 0 Å². The molecule has 0 aromatic rings. The van der Waals surface area contributed by atoms with Crippen LogP contribution in [0.2, 0.25) is 0 Å². The van der Waals surface area contributed by atoms with E-state index in [4.69, 9.17) is 5.73 Å². The summed E-state index contributed by atoms with van der Waals surface area (Å²) >= 11 is 0. The molecule has 3 nitrogen and oxygen atoms in total. The molecule has 2 N–H and O–H groups in total. The van der Waals surface area contributed by atoms with Gasteiger partial charge in [0.25, 0.3) is 5.91 Å². The number of rotatable bonds is 5. The third-order valence-corrected chi connectivity index (χ3v) is 1.74. The molecule has 1 atom stereocenters. The Labute approximate surface area is 67.0 Å². The lowest BCUT2D eigenvalue weighted by molar-refractivity contribution is -0.138. The minimum Gasteiger partial charge on any atom is -0.363 e. The Morgan fingerprint density at radius 2 is 1.91 bits per heavy atom. The van der Waals surface area contributed by atoms with Gasteiger partial charge in [0.15, 0.2) is 0 Å². The second kappa shape index (κ2) is 4.88. The highest BCUT2D eigenvalue weighted by atomic mass is 16.2. The van der Waals surface area contributed by atoms with Gasteiger partial charge in [-0.25, -0.2) is 0 Å². The molecule has 0 aliphatic carbocycles. The first-order chi connectivity index (χ1) is 5.13. The monoisotopic (exact) mass is 157 g/mol. The maximum Gasteiger partial charge on any atom is 0.285 e. The Balaban J connectivity index is 4.02. The van der Waals surface area contributed by atoms with Crippen LogP contribution in [0.15, 0.2) is 0 Å². The third-order valence-electron chi connectivity index (χ3n) is 1.74. The number of Topliss-reactive ketones (excluding diaryl/α,β-unsaturated/α-hetero) is 1. The highest BCUT2D eigenvalue weighted by Gasteiger charge is 2.19. The average Bonchev–Trinajstić information content (AvgIpc) is 1.98. The quantitative estimate of drug-likeness (QED) is 0.602. The predicted molar refractivity (Wildman–Crippen MR) is 42.9 cm³/mol. The fourth-order valence-electron chi connectivity index (χ4n) is 1.07. The van der Waals surface area contributed by atoms with Crippen molar-refractivity contribution in [2.45, 2.75) is 33.1 Å². The van der Waals surface area contributed by atoms with Crippen LogP contribution in [0.25, 0.3) is 0 Å². The van der Waals surface area contributed by atoms with Crippen LogP contribution in [-0.4, -0.2) is 11.7 Å². The van der Waals surface area contributed by atoms with Crippen LogP contribution in [0.5, 0.6) is 0 Å². The van der Waals surface area contributed by atoms with Gasteiger partial charge >= 0.3 is 0 Å². The van der Waals surface area contributed by atoms with Crippen LogP contribution >= 0.6 is 0 Å². The van der Waals surface area contributed by atoms with E-state index >= 15 is 0 Å². The second-order valence-electron chi connectivity index (χ2n) is 2.62. The lowest BCUT2D eigenvalue weighted by Crippen LogP contribution is -2.29. The summed E-state index contributed by atoms with van der Waals surface area (Å²) < 4.78 is 0. The van der Waals surface area contributed by atoms with Crippen molar-refractivity contribution in [1.82, 2.24) is 0 Å². The third kappa shape index (κ3) is 3.16. The van der Waals surface area contributed by atoms with E-state index in [2.05, 4.69) is 0 Å². The molecule has 0 fully saturated rings. The Bertz CT molecular complexity index is 154. The molecule has 3 heteroatoms. The van der Waals surface area contributed by atoms with Gasteiger partial charge in [-0.2, -0.15) is 0 Å². The van der Waals surface area contributed by atoms with Crippen molar-refractivity contribution >= 4 is 11.7 Å². The Kier molecular flexibility index (Phi) is 4.50. The van der Waals surface area contributed by atoms with Crippen LogP contribution in [-0.2, 0) is 9.59 Å². The van der Waals surface area contributed by atoms with Crippen LogP contribution in [0, 0.1) is 5.92 Å². The molecule has 0 aromatic carbocycles. The number of ketones is 1. The summed E-state index contributed by atoms with van der Waals surface area (Å²) in [6, 6.07) is 0. The number of hydrogen-bond acceptors (Lipinski definition) is 2. The van der Waals surface area contributed by atoms with Gasteiger partial charge in [0.1, 0.15) is 0 Å². The molecule has 0 saturated heterocycles. The predicted octanol–water partition coefficient (Wildman–Crippen LogP) is 0.867. The van der Waals surface area contributed by atoms with Gasteiger partial charge in [-0.05, 0) is 12.8 Å². The van der Waals surface area contributed by atoms with Gasteiger partial charge in [-0.3, -0.25) is 9.59 Å². The summed E-state index contributed by atoms with van der Waals surface area (Å²) in [6.45, 7) is 3.87. The number of carbonyl (C=O) groups excluding carboxylic acids is 2. The molecule has 0 heterocycles. The molecule has 0 aromatic heterocycles. The summed E-state index contributed by atoms with van der Waals surface area (Å²) in [7, 11) is 0. The van der Waals surface area contributed by atoms with Crippen LogP contribution in [0.3, 0.4) is 0 Å². The molecule has 0 aliphatic heterocycles. The van der Waals surface area contributed by atoms with E-state index in [0.717, 1.165) is 12.8 Å². The zero-order valence-electron chi connectivity index (χ0n) is 7.09. The molecule has 0 saturated carbocycles. The van der Waals surface area contributed by atoms with E-state index in [0.29, 0.717) is 6.42 Å². The zero-order valence-corrected chi connectivity index (χ0v) is 7.09. The number of hydrogen-bond donors (Lipinski definition) is 1. The van der Waals surface area contributed by atoms with Crippen LogP contribution in [0.4, 0.5) is 0 Å². The number of primary amides is 1. The van der Waals surface area contributed by atoms with Gasteiger partial charge < -0.3 is 5.73 Å². The lowest BCUT2D eigenvalue weighted by atomic mass is 9.96. The molecule has 1 unspecified atom stereocenters. The largest absolute Gasteiger partial charge is 0.363 e. The number of carbonyl (C=O) groups is 2. The van der Waals surface area contributed by atoms with Crippen molar-refractivity contribution in [3.05, 3.63) is 0 Å². The van der Waals surface area contributed by atoms with Crippen molar-refractivity contribution in [2.24, 2.45) is 11.7 Å². The number of nitrogens with two attached hydrogens (primary N) is 1. The van der Waals surface area contributed by atoms with Crippen molar-refractivity contribution in [1.29, 1.82) is 0 Å². The molecular formula is C8H15NO2. The van der Waals surface area contributed by atoms with Crippen molar-refractivity contribution < 1.29 is 9.59 Å². The molecule has 0 aliphatic rings. The molecule has 0 rings (SSSR count). The lowest BCUT2D eigenvalue weighted by Gasteiger charge is -2.08. The summed E-state index contributed by atoms with van der Waals surface area (Å²) in [4.78, 5) is 21.4. The van der Waals surface area contributed by atoms with E-state index in [9.17, 15) is 9.59 Å². The maximum absolute atomic E-state index is 11.0. The van der Waals surface area contributed by atoms with Gasteiger partial charge in [0.05, 0.1) is 0 Å². The topological polar surface area (TPSA) is 60.2 Å². The summed E-state index contributed by atoms with van der Waals surface area (Å²) in [6.07, 6.45) is 2.38. The highest BCUT2D eigenvalue weighted by Crippen LogP contribution is 2.11. The Morgan fingerprint density at radius 1 is 1.36 bits per heavy atom. The first-order valence-corrected chi connectivity index (χ1v) is 3.97. The molecule has 0 spiro atoms. The first kappa shape index (κ1) is 10.1. The molecule has 11 heavy (non-hydrogen) atoms. The minimum atomic E-state index is -0.801. The fourth-order valence-corrected chi connectivity index (χ4v) is 1.07. The molecular weight excluding hydrogens is 142 g/mol. The van der Waals surface area contributed by atoms with E-state index in [1.807, 2.05) is 13.8 Å². The Hall–Kier alpha value is -0.860. The first-order valence-electron chi connectivity index (χ1n) is 3.97. The summed E-state index contributed by atoms with van der Waals surface area (Å²) in [5, 5.41) is 0. The number of amides is 1. The molecule has 64 valence electrons. The van der Waals surface area contributed by atoms with E-state index in [1.54, 1.807) is 0 Å². The van der Waals surface area contributed by atoms with Gasteiger partial charge in [-0.15, -0.1) is 0 Å². The smallest absolute Gasteiger partial charge is 0.285 e. The van der Waals surface area contributed by atoms with Gasteiger partial charge in [0, 0.05) is 5.92 Å². The van der Waals surface area contributed by atoms with Gasteiger partial charge in [-0.1, -0.05) is 20.3 Å². The minimum absolute atomic E-state index is 0.155. The normalized spacial score (nSPS) is 12.5. The maximum atomic E-state index is 11.0. The second-order valence-corrected chi connectivity index (χ2v) is 2.62. The van der Waals surface area contributed by atoms with Gasteiger partial charge in [0.2, 0.25) is 5.78 Å². The summed E-state index contributed by atoms with van der Waals surface area (Å²) in [5.74, 6) is -1.38. The SMILES string of the molecule is CCCC(CC)C(=O)C(N)=O. The van der Waals surface area contributed by atoms with E-state index < -0.39 is 11.7 Å². The van der Waals surface area contributed by atoms with Crippen molar-refractivity contribution in [3.63, 3.8) is 0 Å². The van der Waals surface area contributed by atoms with Crippen molar-refractivity contribution in [2.75, 3.05) is 0 Å². The molecule has 0 bridgehead atoms. The van der Waals surface area contributed by atoms with Crippen LogP contribution < -0.4 is 5.73 Å².